The number of hydrogen-bond acceptors (Lipinski definition) is 3. The number of likely N-dealkylation sites (tertiary alicyclic amines) is 1. The van der Waals surface area contributed by atoms with E-state index in [4.69, 9.17) is 4.74 Å². The number of carbonyl (C=O) groups is 1. The smallest absolute Gasteiger partial charge is 0.260 e. The van der Waals surface area contributed by atoms with Crippen LogP contribution in [0.4, 0.5) is 0 Å². The minimum absolute atomic E-state index is 0. The van der Waals surface area contributed by atoms with Gasteiger partial charge in [-0.25, -0.2) is 0 Å². The van der Waals surface area contributed by atoms with Crippen molar-refractivity contribution >= 4 is 18.3 Å². The fourth-order valence-corrected chi connectivity index (χ4v) is 2.87. The lowest BCUT2D eigenvalue weighted by atomic mass is 9.97. The lowest BCUT2D eigenvalue weighted by Gasteiger charge is -2.31. The van der Waals surface area contributed by atoms with Crippen molar-refractivity contribution in [2.45, 2.75) is 32.6 Å². The highest BCUT2D eigenvalue weighted by Crippen LogP contribution is 2.21. The lowest BCUT2D eigenvalue weighted by molar-refractivity contribution is -0.134. The SMILES string of the molecule is CNCC1CCN(C(=O)COc2cccc(C(C)C)c2)CC1.Cl. The molecule has 0 atom stereocenters. The molecule has 0 saturated carbocycles. The summed E-state index contributed by atoms with van der Waals surface area (Å²) in [5.74, 6) is 2.03. The van der Waals surface area contributed by atoms with Gasteiger partial charge < -0.3 is 15.0 Å². The number of nitrogens with one attached hydrogen (secondary N) is 1. The number of amides is 1. The molecule has 5 heteroatoms. The largest absolute Gasteiger partial charge is 0.484 e. The Labute approximate surface area is 146 Å². The van der Waals surface area contributed by atoms with Gasteiger partial charge in [0.2, 0.25) is 0 Å². The molecule has 2 rings (SSSR count). The van der Waals surface area contributed by atoms with Crippen LogP contribution in [-0.4, -0.2) is 44.1 Å². The quantitative estimate of drug-likeness (QED) is 0.865. The number of hydrogen-bond donors (Lipinski definition) is 1. The maximum absolute atomic E-state index is 12.2. The Bertz CT molecular complexity index is 486. The van der Waals surface area contributed by atoms with Crippen molar-refractivity contribution in [3.05, 3.63) is 29.8 Å². The molecule has 1 aromatic rings. The van der Waals surface area contributed by atoms with Gasteiger partial charge in [0.05, 0.1) is 0 Å². The van der Waals surface area contributed by atoms with Gasteiger partial charge in [-0.2, -0.15) is 0 Å². The summed E-state index contributed by atoms with van der Waals surface area (Å²) in [7, 11) is 1.98. The highest BCUT2D eigenvalue weighted by atomic mass is 35.5. The van der Waals surface area contributed by atoms with E-state index < -0.39 is 0 Å². The molecule has 1 aliphatic rings. The summed E-state index contributed by atoms with van der Waals surface area (Å²) in [4.78, 5) is 14.2. The molecule has 4 nitrogen and oxygen atoms in total. The van der Waals surface area contributed by atoms with Gasteiger partial charge in [-0.05, 0) is 56.0 Å². The van der Waals surface area contributed by atoms with Crippen molar-refractivity contribution in [3.8, 4) is 5.75 Å². The first-order valence-electron chi connectivity index (χ1n) is 8.25. The summed E-state index contributed by atoms with van der Waals surface area (Å²) < 4.78 is 5.68. The zero-order chi connectivity index (χ0) is 15.9. The Morgan fingerprint density at radius 1 is 1.35 bits per heavy atom. The van der Waals surface area contributed by atoms with Crippen LogP contribution in [0.25, 0.3) is 0 Å². The fraction of sp³-hybridized carbons (Fsp3) is 0.611. The molecular formula is C18H29ClN2O2. The van der Waals surface area contributed by atoms with E-state index >= 15 is 0 Å². The summed E-state index contributed by atoms with van der Waals surface area (Å²) in [5, 5.41) is 3.21. The zero-order valence-corrected chi connectivity index (χ0v) is 15.2. The summed E-state index contributed by atoms with van der Waals surface area (Å²) in [5.41, 5.74) is 1.23. The maximum atomic E-state index is 12.2. The van der Waals surface area contributed by atoms with E-state index in [0.29, 0.717) is 11.8 Å². The third kappa shape index (κ3) is 6.04. The standard InChI is InChI=1S/C18H28N2O2.ClH/c1-14(2)16-5-4-6-17(11-16)22-13-18(21)20-9-7-15(8-10-20)12-19-3;/h4-6,11,14-15,19H,7-10,12-13H2,1-3H3;1H. The lowest BCUT2D eigenvalue weighted by Crippen LogP contribution is -2.42. The molecule has 1 amide bonds. The predicted molar refractivity (Wildman–Crippen MR) is 96.5 cm³/mol. The van der Waals surface area contributed by atoms with Crippen LogP contribution in [0, 0.1) is 5.92 Å². The maximum Gasteiger partial charge on any atom is 0.260 e. The van der Waals surface area contributed by atoms with Crippen molar-refractivity contribution in [1.29, 1.82) is 0 Å². The van der Waals surface area contributed by atoms with Gasteiger partial charge in [0, 0.05) is 13.1 Å². The number of carbonyl (C=O) groups excluding carboxylic acids is 1. The van der Waals surface area contributed by atoms with Gasteiger partial charge in [0.1, 0.15) is 5.75 Å². The summed E-state index contributed by atoms with van der Waals surface area (Å²) in [6.07, 6.45) is 2.16. The monoisotopic (exact) mass is 340 g/mol. The zero-order valence-electron chi connectivity index (χ0n) is 14.4. The normalized spacial score (nSPS) is 15.4. The van der Waals surface area contributed by atoms with Crippen molar-refractivity contribution in [2.75, 3.05) is 33.3 Å². The van der Waals surface area contributed by atoms with Crippen molar-refractivity contribution in [3.63, 3.8) is 0 Å². The number of nitrogens with zero attached hydrogens (tertiary/aromatic N) is 1. The third-order valence-electron chi connectivity index (χ3n) is 4.35. The third-order valence-corrected chi connectivity index (χ3v) is 4.35. The van der Waals surface area contributed by atoms with Gasteiger partial charge in [-0.1, -0.05) is 26.0 Å². The molecule has 1 saturated heterocycles. The molecule has 1 N–H and O–H groups in total. The Balaban J connectivity index is 0.00000264. The molecule has 0 aliphatic carbocycles. The Morgan fingerprint density at radius 2 is 2.04 bits per heavy atom. The van der Waals surface area contributed by atoms with E-state index in [1.54, 1.807) is 0 Å². The first kappa shape index (κ1) is 19.8. The number of rotatable bonds is 6. The van der Waals surface area contributed by atoms with Crippen LogP contribution in [0.3, 0.4) is 0 Å². The second kappa shape index (κ2) is 9.78. The molecule has 0 unspecified atom stereocenters. The average molecular weight is 341 g/mol. The van der Waals surface area contributed by atoms with E-state index in [9.17, 15) is 4.79 Å². The van der Waals surface area contributed by atoms with Crippen LogP contribution >= 0.6 is 12.4 Å². The van der Waals surface area contributed by atoms with Crippen LogP contribution in [0.15, 0.2) is 24.3 Å². The molecule has 0 aromatic heterocycles. The van der Waals surface area contributed by atoms with Crippen LogP contribution < -0.4 is 10.1 Å². The summed E-state index contributed by atoms with van der Waals surface area (Å²) >= 11 is 0. The minimum atomic E-state index is 0. The van der Waals surface area contributed by atoms with Crippen LogP contribution in [0.1, 0.15) is 38.2 Å². The first-order chi connectivity index (χ1) is 10.6. The molecule has 130 valence electrons. The Kier molecular flexibility index (Phi) is 8.42. The Morgan fingerprint density at radius 3 is 2.65 bits per heavy atom. The van der Waals surface area contributed by atoms with Crippen LogP contribution in [0.2, 0.25) is 0 Å². The molecule has 23 heavy (non-hydrogen) atoms. The summed E-state index contributed by atoms with van der Waals surface area (Å²) in [6.45, 7) is 7.18. The molecule has 0 bridgehead atoms. The highest BCUT2D eigenvalue weighted by Gasteiger charge is 2.22. The van der Waals surface area contributed by atoms with E-state index in [-0.39, 0.29) is 24.9 Å². The topological polar surface area (TPSA) is 41.6 Å². The van der Waals surface area contributed by atoms with E-state index in [1.807, 2.05) is 30.1 Å². The van der Waals surface area contributed by atoms with Crippen molar-refractivity contribution in [1.82, 2.24) is 10.2 Å². The first-order valence-corrected chi connectivity index (χ1v) is 8.25. The van der Waals surface area contributed by atoms with Gasteiger partial charge in [0.15, 0.2) is 6.61 Å². The van der Waals surface area contributed by atoms with E-state index in [2.05, 4.69) is 25.2 Å². The number of ether oxygens (including phenoxy) is 1. The van der Waals surface area contributed by atoms with Crippen molar-refractivity contribution in [2.24, 2.45) is 5.92 Å². The molecule has 1 heterocycles. The molecule has 1 aromatic carbocycles. The molecule has 0 spiro atoms. The van der Waals surface area contributed by atoms with Crippen molar-refractivity contribution < 1.29 is 9.53 Å². The fourth-order valence-electron chi connectivity index (χ4n) is 2.87. The van der Waals surface area contributed by atoms with Crippen LogP contribution in [-0.2, 0) is 4.79 Å². The van der Waals surface area contributed by atoms with Gasteiger partial charge >= 0.3 is 0 Å². The second-order valence-electron chi connectivity index (χ2n) is 6.40. The highest BCUT2D eigenvalue weighted by molar-refractivity contribution is 5.85. The van der Waals surface area contributed by atoms with Gasteiger partial charge in [-0.15, -0.1) is 12.4 Å². The molecule has 0 radical (unpaired) electrons. The average Bonchev–Trinajstić information content (AvgIpc) is 2.54. The van der Waals surface area contributed by atoms with Crippen LogP contribution in [0.5, 0.6) is 5.75 Å². The molecular weight excluding hydrogens is 312 g/mol. The second-order valence-corrected chi connectivity index (χ2v) is 6.40. The number of piperidine rings is 1. The molecule has 1 fully saturated rings. The van der Waals surface area contributed by atoms with Gasteiger partial charge in [-0.3, -0.25) is 4.79 Å². The van der Waals surface area contributed by atoms with E-state index in [1.165, 1.54) is 5.56 Å². The molecule has 1 aliphatic heterocycles. The Hall–Kier alpha value is -1.26. The number of halogens is 1. The van der Waals surface area contributed by atoms with E-state index in [0.717, 1.165) is 38.2 Å². The predicted octanol–water partition coefficient (Wildman–Crippen LogP) is 3.07. The minimum Gasteiger partial charge on any atom is -0.484 e. The summed E-state index contributed by atoms with van der Waals surface area (Å²) in [6, 6.07) is 8.01. The number of benzene rings is 1. The van der Waals surface area contributed by atoms with Gasteiger partial charge in [0.25, 0.3) is 5.91 Å².